The van der Waals surface area contributed by atoms with Crippen molar-refractivity contribution in [3.8, 4) is 0 Å². The van der Waals surface area contributed by atoms with Gasteiger partial charge in [-0.05, 0) is 42.4 Å². The highest BCUT2D eigenvalue weighted by Gasteiger charge is 2.36. The quantitative estimate of drug-likeness (QED) is 0.634. The van der Waals surface area contributed by atoms with Crippen LogP contribution >= 0.6 is 0 Å². The normalized spacial score (nSPS) is 16.8. The van der Waals surface area contributed by atoms with Gasteiger partial charge in [0.25, 0.3) is 5.91 Å². The van der Waals surface area contributed by atoms with E-state index in [4.69, 9.17) is 0 Å². The maximum Gasteiger partial charge on any atom is 0.251 e. The topological polar surface area (TPSA) is 81.8 Å². The van der Waals surface area contributed by atoms with Gasteiger partial charge in [0.1, 0.15) is 6.04 Å². The molecule has 7 heteroatoms. The largest absolute Gasteiger partial charge is 0.341 e. The van der Waals surface area contributed by atoms with Crippen LogP contribution in [0.25, 0.3) is 10.8 Å². The third kappa shape index (κ3) is 4.45. The Morgan fingerprint density at radius 1 is 1.00 bits per heavy atom. The van der Waals surface area contributed by atoms with Crippen molar-refractivity contribution in [3.63, 3.8) is 0 Å². The van der Waals surface area contributed by atoms with Crippen LogP contribution in [0.2, 0.25) is 0 Å². The zero-order valence-corrected chi connectivity index (χ0v) is 19.0. The number of carbonyl (C=O) groups is 3. The van der Waals surface area contributed by atoms with Gasteiger partial charge in [0.05, 0.1) is 30.5 Å². The Morgan fingerprint density at radius 3 is 2.39 bits per heavy atom. The van der Waals surface area contributed by atoms with E-state index in [1.165, 1.54) is 6.92 Å². The lowest BCUT2D eigenvalue weighted by molar-refractivity contribution is -0.128. The molecular weight excluding hydrogens is 416 g/mol. The van der Waals surface area contributed by atoms with Gasteiger partial charge in [-0.2, -0.15) is 0 Å². The molecule has 0 bridgehead atoms. The van der Waals surface area contributed by atoms with Crippen molar-refractivity contribution < 1.29 is 14.4 Å². The summed E-state index contributed by atoms with van der Waals surface area (Å²) in [5.74, 6) is -0.741. The summed E-state index contributed by atoms with van der Waals surface area (Å²) in [5, 5.41) is 7.88. The van der Waals surface area contributed by atoms with Crippen LogP contribution in [0.5, 0.6) is 0 Å². The molecule has 0 saturated carbocycles. The molecular formula is C26H28N4O3. The van der Waals surface area contributed by atoms with Gasteiger partial charge in [-0.25, -0.2) is 0 Å². The van der Waals surface area contributed by atoms with Crippen molar-refractivity contribution in [1.29, 1.82) is 0 Å². The van der Waals surface area contributed by atoms with Gasteiger partial charge in [-0.1, -0.05) is 54.6 Å². The van der Waals surface area contributed by atoms with Gasteiger partial charge in [-0.15, -0.1) is 0 Å². The molecule has 0 spiro atoms. The zero-order valence-electron chi connectivity index (χ0n) is 19.0. The fourth-order valence-electron chi connectivity index (χ4n) is 4.18. The van der Waals surface area contributed by atoms with Crippen LogP contribution in [-0.2, 0) is 20.9 Å². The first-order valence-corrected chi connectivity index (χ1v) is 11.0. The molecule has 33 heavy (non-hydrogen) atoms. The van der Waals surface area contributed by atoms with Crippen molar-refractivity contribution >= 4 is 39.9 Å². The molecule has 1 aliphatic rings. The minimum atomic E-state index is -0.875. The molecule has 0 aromatic heterocycles. The average Bonchev–Trinajstić information content (AvgIpc) is 2.94. The van der Waals surface area contributed by atoms with Gasteiger partial charge >= 0.3 is 0 Å². The number of rotatable bonds is 5. The molecule has 0 saturated heterocycles. The summed E-state index contributed by atoms with van der Waals surface area (Å²) in [7, 11) is 1.68. The third-order valence-electron chi connectivity index (χ3n) is 6.12. The van der Waals surface area contributed by atoms with Gasteiger partial charge in [0, 0.05) is 6.92 Å². The molecule has 2 N–H and O–H groups in total. The van der Waals surface area contributed by atoms with Crippen LogP contribution in [0.1, 0.15) is 19.4 Å². The Balaban J connectivity index is 1.79. The highest BCUT2D eigenvalue weighted by atomic mass is 16.2. The molecule has 3 aromatic rings. The Labute approximate surface area is 193 Å². The number of carbonyl (C=O) groups excluding carboxylic acids is 3. The number of likely N-dealkylation sites (N-methyl/N-ethyl adjacent to an activating group) is 1. The van der Waals surface area contributed by atoms with Crippen molar-refractivity contribution in [2.24, 2.45) is 0 Å². The maximum absolute atomic E-state index is 13.8. The van der Waals surface area contributed by atoms with Crippen LogP contribution in [0.3, 0.4) is 0 Å². The number of hydrogen-bond donors (Lipinski definition) is 2. The number of nitrogens with zero attached hydrogens (tertiary/aromatic N) is 2. The first-order chi connectivity index (χ1) is 15.9. The van der Waals surface area contributed by atoms with Gasteiger partial charge in [0.2, 0.25) is 11.8 Å². The second-order valence-electron chi connectivity index (χ2n) is 8.25. The highest BCUT2D eigenvalue weighted by molar-refractivity contribution is 6.08. The number of para-hydroxylation sites is 2. The molecule has 1 unspecified atom stereocenters. The molecule has 3 aromatic carbocycles. The summed E-state index contributed by atoms with van der Waals surface area (Å²) in [4.78, 5) is 42.2. The van der Waals surface area contributed by atoms with Crippen molar-refractivity contribution in [2.75, 3.05) is 23.4 Å². The summed E-state index contributed by atoms with van der Waals surface area (Å²) < 4.78 is 0. The molecule has 0 fully saturated rings. The van der Waals surface area contributed by atoms with Crippen LogP contribution in [-0.4, -0.2) is 43.4 Å². The van der Waals surface area contributed by atoms with Crippen LogP contribution < -0.4 is 20.4 Å². The second kappa shape index (κ2) is 9.42. The van der Waals surface area contributed by atoms with Crippen molar-refractivity contribution in [2.45, 2.75) is 32.5 Å². The highest BCUT2D eigenvalue weighted by Crippen LogP contribution is 2.34. The monoisotopic (exact) mass is 444 g/mol. The summed E-state index contributed by atoms with van der Waals surface area (Å²) in [5.41, 5.74) is 2.28. The summed E-state index contributed by atoms with van der Waals surface area (Å²) in [6.07, 6.45) is 0. The fourth-order valence-corrected chi connectivity index (χ4v) is 4.18. The van der Waals surface area contributed by atoms with Crippen molar-refractivity contribution in [1.82, 2.24) is 10.6 Å². The maximum atomic E-state index is 13.8. The number of anilines is 2. The molecule has 0 aliphatic carbocycles. The predicted molar refractivity (Wildman–Crippen MR) is 130 cm³/mol. The SMILES string of the molecule is CN[C@@H](C)C(=O)NC1CN(C(C)=O)c2ccccc2N(Cc2cccc3ccccc23)C1=O. The molecule has 7 nitrogen and oxygen atoms in total. The van der Waals surface area contributed by atoms with Crippen LogP contribution in [0, 0.1) is 0 Å². The smallest absolute Gasteiger partial charge is 0.251 e. The van der Waals surface area contributed by atoms with Gasteiger partial charge in [0.15, 0.2) is 0 Å². The molecule has 170 valence electrons. The fraction of sp³-hybridized carbons (Fsp3) is 0.269. The number of benzene rings is 3. The molecule has 2 atom stereocenters. The molecule has 0 radical (unpaired) electrons. The van der Waals surface area contributed by atoms with Crippen LogP contribution in [0.4, 0.5) is 11.4 Å². The lowest BCUT2D eigenvalue weighted by Crippen LogP contribution is -2.55. The minimum absolute atomic E-state index is 0.0688. The summed E-state index contributed by atoms with van der Waals surface area (Å²) >= 11 is 0. The van der Waals surface area contributed by atoms with E-state index in [1.54, 1.807) is 23.8 Å². The third-order valence-corrected chi connectivity index (χ3v) is 6.12. The molecule has 1 heterocycles. The van der Waals surface area contributed by atoms with E-state index in [0.29, 0.717) is 17.9 Å². The Bertz CT molecular complexity index is 1200. The Morgan fingerprint density at radius 2 is 1.67 bits per heavy atom. The first kappa shape index (κ1) is 22.5. The van der Waals surface area contributed by atoms with Crippen LogP contribution in [0.15, 0.2) is 66.7 Å². The standard InChI is InChI=1S/C26H28N4O3/c1-17(27-3)25(32)28-22-16-29(18(2)31)23-13-6-7-14-24(23)30(26(22)33)15-20-11-8-10-19-9-4-5-12-21(19)20/h4-14,17,22,27H,15-16H2,1-3H3,(H,28,32)/t17-,22?/m0/s1. The molecule has 1 aliphatic heterocycles. The molecule has 3 amide bonds. The number of amides is 3. The summed E-state index contributed by atoms with van der Waals surface area (Å²) in [6.45, 7) is 3.58. The van der Waals surface area contributed by atoms with E-state index in [0.717, 1.165) is 16.3 Å². The van der Waals surface area contributed by atoms with E-state index < -0.39 is 12.1 Å². The Hall–Kier alpha value is -3.71. The lowest BCUT2D eigenvalue weighted by atomic mass is 10.0. The second-order valence-corrected chi connectivity index (χ2v) is 8.25. The minimum Gasteiger partial charge on any atom is -0.341 e. The first-order valence-electron chi connectivity index (χ1n) is 11.0. The zero-order chi connectivity index (χ0) is 23.5. The summed E-state index contributed by atoms with van der Waals surface area (Å²) in [6, 6.07) is 20.1. The Kier molecular flexibility index (Phi) is 6.42. The number of nitrogens with one attached hydrogen (secondary N) is 2. The average molecular weight is 445 g/mol. The van der Waals surface area contributed by atoms with E-state index >= 15 is 0 Å². The van der Waals surface area contributed by atoms with E-state index in [-0.39, 0.29) is 24.3 Å². The van der Waals surface area contributed by atoms with E-state index in [9.17, 15) is 14.4 Å². The molecule has 4 rings (SSSR count). The van der Waals surface area contributed by atoms with Gasteiger partial charge in [-0.3, -0.25) is 14.4 Å². The predicted octanol–water partition coefficient (Wildman–Crippen LogP) is 2.83. The number of hydrogen-bond acceptors (Lipinski definition) is 4. The number of fused-ring (bicyclic) bond motifs is 2. The van der Waals surface area contributed by atoms with Gasteiger partial charge < -0.3 is 20.4 Å². The van der Waals surface area contributed by atoms with E-state index in [1.807, 2.05) is 66.7 Å². The van der Waals surface area contributed by atoms with Crippen molar-refractivity contribution in [3.05, 3.63) is 72.3 Å². The van der Waals surface area contributed by atoms with E-state index in [2.05, 4.69) is 10.6 Å². The lowest BCUT2D eigenvalue weighted by Gasteiger charge is -2.26.